The number of fused-ring (bicyclic) bond motifs is 6. The van der Waals surface area contributed by atoms with E-state index in [2.05, 4.69) is 0 Å². The molecule has 5 rings (SSSR count). The third-order valence-corrected chi connectivity index (χ3v) is 4.57. The number of hydrogen-bond donors (Lipinski definition) is 0. The first-order chi connectivity index (χ1) is 10.8. The van der Waals surface area contributed by atoms with Crippen molar-refractivity contribution >= 4 is 32.3 Å². The lowest BCUT2D eigenvalue weighted by Crippen LogP contribution is -2.08. The Bertz CT molecular complexity index is 1350. The number of benzene rings is 3. The summed E-state index contributed by atoms with van der Waals surface area (Å²) < 4.78 is 0. The van der Waals surface area contributed by atoms with E-state index < -0.39 is 0 Å². The smallest absolute Gasteiger partial charge is 0.198 e. The molecule has 2 heteroatoms. The van der Waals surface area contributed by atoms with E-state index in [1.807, 2.05) is 54.6 Å². The van der Waals surface area contributed by atoms with Crippen molar-refractivity contribution in [2.45, 2.75) is 0 Å². The van der Waals surface area contributed by atoms with Crippen LogP contribution in [0.1, 0.15) is 0 Å². The summed E-state index contributed by atoms with van der Waals surface area (Å²) in [4.78, 5) is 25.5. The van der Waals surface area contributed by atoms with Crippen molar-refractivity contribution in [2.75, 3.05) is 0 Å². The van der Waals surface area contributed by atoms with E-state index in [0.29, 0.717) is 16.0 Å². The fourth-order valence-corrected chi connectivity index (χ4v) is 3.63. The van der Waals surface area contributed by atoms with Crippen molar-refractivity contribution in [3.63, 3.8) is 0 Å². The molecule has 102 valence electrons. The molecule has 22 heavy (non-hydrogen) atoms. The first-order valence-electron chi connectivity index (χ1n) is 7.22. The molecule has 0 aliphatic heterocycles. The van der Waals surface area contributed by atoms with Gasteiger partial charge in [0.05, 0.1) is 5.22 Å². The van der Waals surface area contributed by atoms with Crippen molar-refractivity contribution in [3.8, 4) is 0 Å². The quantitative estimate of drug-likeness (QED) is 0.436. The van der Waals surface area contributed by atoms with Gasteiger partial charge in [-0.05, 0) is 21.5 Å². The van der Waals surface area contributed by atoms with Gasteiger partial charge < -0.3 is 0 Å². The molecule has 0 bridgehead atoms. The van der Waals surface area contributed by atoms with Gasteiger partial charge in [-0.3, -0.25) is 9.59 Å². The van der Waals surface area contributed by atoms with E-state index in [1.165, 1.54) is 0 Å². The minimum Gasteiger partial charge on any atom is -0.288 e. The third kappa shape index (κ3) is 1.21. The van der Waals surface area contributed by atoms with Crippen LogP contribution in [0.5, 0.6) is 0 Å². The van der Waals surface area contributed by atoms with Crippen LogP contribution in [-0.2, 0) is 0 Å². The Labute approximate surface area is 124 Å². The largest absolute Gasteiger partial charge is 0.288 e. The average Bonchev–Trinajstić information content (AvgIpc) is 3.03. The Kier molecular flexibility index (Phi) is 2.01. The van der Waals surface area contributed by atoms with E-state index >= 15 is 0 Å². The van der Waals surface area contributed by atoms with E-state index in [9.17, 15) is 9.59 Å². The van der Waals surface area contributed by atoms with Crippen molar-refractivity contribution in [1.82, 2.24) is 0 Å². The molecule has 0 atom stereocenters. The van der Waals surface area contributed by atoms with Crippen molar-refractivity contribution < 1.29 is 0 Å². The van der Waals surface area contributed by atoms with Gasteiger partial charge in [0.2, 0.25) is 0 Å². The van der Waals surface area contributed by atoms with Gasteiger partial charge in [-0.15, -0.1) is 0 Å². The van der Waals surface area contributed by atoms with Crippen LogP contribution < -0.4 is 10.9 Å². The predicted molar refractivity (Wildman–Crippen MR) is 89.2 cm³/mol. The third-order valence-electron chi connectivity index (χ3n) is 4.57. The van der Waals surface area contributed by atoms with Crippen LogP contribution in [0.25, 0.3) is 32.3 Å². The number of rotatable bonds is 0. The van der Waals surface area contributed by atoms with Crippen LogP contribution in [0.2, 0.25) is 0 Å². The lowest BCUT2D eigenvalue weighted by Gasteiger charge is -1.99. The molecule has 0 heterocycles. The van der Waals surface area contributed by atoms with Gasteiger partial charge in [0.1, 0.15) is 0 Å². The molecule has 2 aliphatic rings. The van der Waals surface area contributed by atoms with Gasteiger partial charge in [-0.2, -0.15) is 0 Å². The fourth-order valence-electron chi connectivity index (χ4n) is 3.63. The normalized spacial score (nSPS) is 12.0. The summed E-state index contributed by atoms with van der Waals surface area (Å²) in [5.74, 6) is 0. The summed E-state index contributed by atoms with van der Waals surface area (Å²) in [6.45, 7) is 0. The second kappa shape index (κ2) is 3.80. The van der Waals surface area contributed by atoms with Gasteiger partial charge in [-0.1, -0.05) is 60.7 Å². The fraction of sp³-hybridized carbons (Fsp3) is 0. The first kappa shape index (κ1) is 11.6. The van der Waals surface area contributed by atoms with Crippen LogP contribution in [0, 0.1) is 10.4 Å². The first-order valence-corrected chi connectivity index (χ1v) is 7.22. The number of hydrogen-bond acceptors (Lipinski definition) is 2. The zero-order chi connectivity index (χ0) is 14.8. The van der Waals surface area contributed by atoms with Crippen LogP contribution >= 0.6 is 0 Å². The van der Waals surface area contributed by atoms with Gasteiger partial charge in [-0.25, -0.2) is 0 Å². The molecular weight excluding hydrogens is 272 g/mol. The molecule has 0 saturated carbocycles. The Morgan fingerprint density at radius 1 is 0.500 bits per heavy atom. The second-order valence-corrected chi connectivity index (χ2v) is 5.66. The van der Waals surface area contributed by atoms with Gasteiger partial charge in [0.15, 0.2) is 10.9 Å². The molecule has 0 aromatic heterocycles. The Morgan fingerprint density at radius 2 is 1.18 bits per heavy atom. The maximum Gasteiger partial charge on any atom is 0.198 e. The van der Waals surface area contributed by atoms with Crippen molar-refractivity contribution in [2.24, 2.45) is 0 Å². The zero-order valence-electron chi connectivity index (χ0n) is 11.6. The Hall–Kier alpha value is -3.00. The molecule has 0 fully saturated rings. The highest BCUT2D eigenvalue weighted by Gasteiger charge is 2.17. The summed E-state index contributed by atoms with van der Waals surface area (Å²) in [5, 5.41) is 6.17. The van der Waals surface area contributed by atoms with Crippen LogP contribution in [0.15, 0.2) is 70.3 Å². The summed E-state index contributed by atoms with van der Waals surface area (Å²) in [5.41, 5.74) is -0.279. The summed E-state index contributed by atoms with van der Waals surface area (Å²) in [7, 11) is 0. The lowest BCUT2D eigenvalue weighted by atomic mass is 10.0. The SMILES string of the molecule is O=c1c2c(=O)c3c(ccc4ccccc43)c=2c2ccccc12. The molecule has 2 nitrogen and oxygen atoms in total. The monoisotopic (exact) mass is 282 g/mol. The molecule has 0 saturated heterocycles. The molecule has 3 aromatic rings. The van der Waals surface area contributed by atoms with Crippen molar-refractivity contribution in [3.05, 3.63) is 91.5 Å². The summed E-state index contributed by atoms with van der Waals surface area (Å²) >= 11 is 0. The minimum absolute atomic E-state index is 0.136. The van der Waals surface area contributed by atoms with E-state index in [0.717, 1.165) is 26.8 Å². The zero-order valence-corrected chi connectivity index (χ0v) is 11.6. The van der Waals surface area contributed by atoms with Gasteiger partial charge in [0, 0.05) is 16.0 Å². The standard InChI is InChI=1S/C20H10O2/c21-19-14-8-4-3-7-13(14)16-15-10-9-11-5-1-2-6-12(11)17(15)20(22)18(16)19/h1-10H. The maximum absolute atomic E-state index is 12.9. The molecular formula is C20H10O2. The van der Waals surface area contributed by atoms with Gasteiger partial charge in [0.25, 0.3) is 0 Å². The molecule has 2 aliphatic carbocycles. The lowest BCUT2D eigenvalue weighted by molar-refractivity contribution is 1.56. The summed E-state index contributed by atoms with van der Waals surface area (Å²) in [6, 6.07) is 19.3. The second-order valence-electron chi connectivity index (χ2n) is 5.66. The Morgan fingerprint density at radius 3 is 2.00 bits per heavy atom. The predicted octanol–water partition coefficient (Wildman–Crippen LogP) is 3.47. The highest BCUT2D eigenvalue weighted by molar-refractivity contribution is 6.10. The topological polar surface area (TPSA) is 34.1 Å². The molecule has 0 amide bonds. The van der Waals surface area contributed by atoms with E-state index in [1.54, 1.807) is 6.07 Å². The molecule has 0 unspecified atom stereocenters. The average molecular weight is 282 g/mol. The molecule has 0 radical (unpaired) electrons. The van der Waals surface area contributed by atoms with Crippen molar-refractivity contribution in [1.29, 1.82) is 0 Å². The van der Waals surface area contributed by atoms with E-state index in [-0.39, 0.29) is 10.9 Å². The Balaban J connectivity index is 2.25. The highest BCUT2D eigenvalue weighted by Crippen LogP contribution is 2.27. The summed E-state index contributed by atoms with van der Waals surface area (Å²) in [6.07, 6.45) is 0. The van der Waals surface area contributed by atoms with E-state index in [4.69, 9.17) is 0 Å². The molecule has 0 N–H and O–H groups in total. The minimum atomic E-state index is -0.143. The maximum atomic E-state index is 12.9. The van der Waals surface area contributed by atoms with Crippen LogP contribution in [0.4, 0.5) is 0 Å². The molecule has 3 aromatic carbocycles. The molecule has 0 spiro atoms. The van der Waals surface area contributed by atoms with Crippen LogP contribution in [0.3, 0.4) is 0 Å². The van der Waals surface area contributed by atoms with Gasteiger partial charge >= 0.3 is 0 Å². The highest BCUT2D eigenvalue weighted by atomic mass is 16.1. The van der Waals surface area contributed by atoms with Crippen LogP contribution in [-0.4, -0.2) is 0 Å².